The van der Waals surface area contributed by atoms with Crippen LogP contribution in [0.4, 0.5) is 9.41 Å². The molecule has 0 aliphatic carbocycles. The Morgan fingerprint density at radius 2 is 1.22 bits per heavy atom. The van der Waals surface area contributed by atoms with E-state index in [0.29, 0.717) is 0 Å². The van der Waals surface area contributed by atoms with Gasteiger partial charge in [0.25, 0.3) is 0 Å². The Labute approximate surface area is 73.7 Å². The van der Waals surface area contributed by atoms with Crippen molar-refractivity contribution >= 4 is 29.6 Å². The van der Waals surface area contributed by atoms with Gasteiger partial charge in [-0.25, -0.2) is 0 Å². The number of halogens is 2. The first-order chi connectivity index (χ1) is 2.81. The fraction of sp³-hybridized carbons (Fsp3) is 1.00. The number of hydrogen-bond donors (Lipinski definition) is 3. The van der Waals surface area contributed by atoms with Gasteiger partial charge in [0, 0.05) is 0 Å². The topological polar surface area (TPSA) is 60.7 Å². The van der Waals surface area contributed by atoms with Crippen LogP contribution in [0.1, 0.15) is 0 Å². The summed E-state index contributed by atoms with van der Waals surface area (Å²) in [4.78, 5) is 0. The second-order valence-corrected chi connectivity index (χ2v) is 1.02. The van der Waals surface area contributed by atoms with Crippen molar-refractivity contribution in [3.05, 3.63) is 0 Å². The standard InChI is InChI=1S/C3H8O3.2FH.Na.H/c4-1-3(6)2-5;;;;/h3-6H,1-2H2;2*1H;;. The molecule has 0 saturated heterocycles. The van der Waals surface area contributed by atoms with Crippen molar-refractivity contribution in [1.29, 1.82) is 0 Å². The van der Waals surface area contributed by atoms with E-state index in [1.807, 2.05) is 0 Å². The minimum atomic E-state index is -0.954. The van der Waals surface area contributed by atoms with Gasteiger partial charge in [-0.3, -0.25) is 9.41 Å². The fourth-order valence-electron chi connectivity index (χ4n) is 0.0577. The summed E-state index contributed by atoms with van der Waals surface area (Å²) in [5.41, 5.74) is 0. The van der Waals surface area contributed by atoms with E-state index in [4.69, 9.17) is 15.3 Å². The summed E-state index contributed by atoms with van der Waals surface area (Å²) in [5, 5.41) is 24.0. The molecule has 0 heterocycles. The molecule has 0 atom stereocenters. The molecule has 0 amide bonds. The van der Waals surface area contributed by atoms with E-state index in [0.717, 1.165) is 0 Å². The molecule has 0 aromatic heterocycles. The van der Waals surface area contributed by atoms with Gasteiger partial charge in [0.1, 0.15) is 6.10 Å². The third kappa shape index (κ3) is 17.7. The first-order valence-electron chi connectivity index (χ1n) is 1.71. The molecule has 0 unspecified atom stereocenters. The summed E-state index contributed by atoms with van der Waals surface area (Å²) >= 11 is 0. The van der Waals surface area contributed by atoms with Crippen LogP contribution in [0, 0.1) is 0 Å². The van der Waals surface area contributed by atoms with Crippen molar-refractivity contribution in [2.45, 2.75) is 6.10 Å². The fourth-order valence-corrected chi connectivity index (χ4v) is 0.0577. The Morgan fingerprint density at radius 3 is 1.22 bits per heavy atom. The summed E-state index contributed by atoms with van der Waals surface area (Å²) in [6.07, 6.45) is -0.954. The number of aliphatic hydroxyl groups is 3. The van der Waals surface area contributed by atoms with E-state index in [-0.39, 0.29) is 52.2 Å². The van der Waals surface area contributed by atoms with E-state index < -0.39 is 6.10 Å². The molecule has 0 saturated carbocycles. The SMILES string of the molecule is F.F.OCC(O)CO.[NaH]. The van der Waals surface area contributed by atoms with Crippen LogP contribution in [-0.4, -0.2) is 64.2 Å². The first kappa shape index (κ1) is 22.6. The number of aliphatic hydroxyl groups excluding tert-OH is 3. The molecule has 0 aliphatic heterocycles. The maximum absolute atomic E-state index is 8.17. The second kappa shape index (κ2) is 15.9. The molecule has 0 aromatic rings. The maximum atomic E-state index is 8.17. The van der Waals surface area contributed by atoms with Gasteiger partial charge in [-0.1, -0.05) is 0 Å². The van der Waals surface area contributed by atoms with Crippen LogP contribution >= 0.6 is 0 Å². The Hall–Kier alpha value is 0.740. The van der Waals surface area contributed by atoms with Crippen molar-refractivity contribution in [3.63, 3.8) is 0 Å². The Kier molecular flexibility index (Phi) is 39.9. The Balaban J connectivity index is -0.0000000417. The molecule has 0 fully saturated rings. The van der Waals surface area contributed by atoms with Gasteiger partial charge < -0.3 is 15.3 Å². The van der Waals surface area contributed by atoms with Gasteiger partial charge in [-0.2, -0.15) is 0 Å². The predicted molar refractivity (Wildman–Crippen MR) is 32.3 cm³/mol. The molecule has 0 rings (SSSR count). The molecular weight excluding hydrogens is 145 g/mol. The Morgan fingerprint density at radius 1 is 1.00 bits per heavy atom. The van der Waals surface area contributed by atoms with Gasteiger partial charge in [-0.05, 0) is 0 Å². The summed E-state index contributed by atoms with van der Waals surface area (Å²) < 4.78 is 0. The van der Waals surface area contributed by atoms with Crippen LogP contribution in [0.3, 0.4) is 0 Å². The van der Waals surface area contributed by atoms with E-state index in [1.165, 1.54) is 0 Å². The minimum absolute atomic E-state index is 0. The monoisotopic (exact) mass is 156 g/mol. The summed E-state index contributed by atoms with van der Waals surface area (Å²) in [6, 6.07) is 0. The van der Waals surface area contributed by atoms with Gasteiger partial charge in [-0.15, -0.1) is 0 Å². The zero-order valence-corrected chi connectivity index (χ0v) is 4.15. The van der Waals surface area contributed by atoms with Gasteiger partial charge in [0.2, 0.25) is 0 Å². The zero-order chi connectivity index (χ0) is 4.99. The summed E-state index contributed by atoms with van der Waals surface area (Å²) in [6.45, 7) is -0.729. The van der Waals surface area contributed by atoms with Crippen molar-refractivity contribution < 1.29 is 24.7 Å². The third-order valence-corrected chi connectivity index (χ3v) is 0.421. The van der Waals surface area contributed by atoms with Crippen LogP contribution in [-0.2, 0) is 0 Å². The van der Waals surface area contributed by atoms with Crippen molar-refractivity contribution in [3.8, 4) is 0 Å². The van der Waals surface area contributed by atoms with Crippen LogP contribution in [0.25, 0.3) is 0 Å². The average molecular weight is 156 g/mol. The van der Waals surface area contributed by atoms with Gasteiger partial charge >= 0.3 is 29.6 Å². The van der Waals surface area contributed by atoms with E-state index in [2.05, 4.69) is 0 Å². The van der Waals surface area contributed by atoms with Crippen molar-refractivity contribution in [2.24, 2.45) is 0 Å². The summed E-state index contributed by atoms with van der Waals surface area (Å²) in [5.74, 6) is 0. The molecular formula is C3H11F2NaO3. The van der Waals surface area contributed by atoms with Gasteiger partial charge in [0.15, 0.2) is 0 Å². The first-order valence-corrected chi connectivity index (χ1v) is 1.71. The average Bonchev–Trinajstić information content (AvgIpc) is 1.65. The van der Waals surface area contributed by atoms with E-state index >= 15 is 0 Å². The number of rotatable bonds is 2. The quantitative estimate of drug-likeness (QED) is 0.405. The molecule has 3 nitrogen and oxygen atoms in total. The molecule has 0 bridgehead atoms. The summed E-state index contributed by atoms with van der Waals surface area (Å²) in [7, 11) is 0. The zero-order valence-electron chi connectivity index (χ0n) is 4.15. The molecule has 56 valence electrons. The normalized spacial score (nSPS) is 6.67. The molecule has 0 aliphatic rings. The van der Waals surface area contributed by atoms with Crippen molar-refractivity contribution in [2.75, 3.05) is 13.2 Å². The van der Waals surface area contributed by atoms with Crippen LogP contribution in [0.5, 0.6) is 0 Å². The van der Waals surface area contributed by atoms with Crippen LogP contribution in [0.15, 0.2) is 0 Å². The predicted octanol–water partition coefficient (Wildman–Crippen LogP) is -2.01. The van der Waals surface area contributed by atoms with Crippen LogP contribution in [0.2, 0.25) is 0 Å². The second-order valence-electron chi connectivity index (χ2n) is 1.02. The molecule has 9 heavy (non-hydrogen) atoms. The van der Waals surface area contributed by atoms with E-state index in [9.17, 15) is 0 Å². The molecule has 6 heteroatoms. The number of hydrogen-bond acceptors (Lipinski definition) is 3. The van der Waals surface area contributed by atoms with Crippen LogP contribution < -0.4 is 0 Å². The molecule has 3 N–H and O–H groups in total. The third-order valence-electron chi connectivity index (χ3n) is 0.421. The Bertz CT molecular complexity index is 36.2. The molecule has 0 spiro atoms. The van der Waals surface area contributed by atoms with Crippen molar-refractivity contribution in [1.82, 2.24) is 0 Å². The molecule has 0 radical (unpaired) electrons. The molecule has 0 aromatic carbocycles. The van der Waals surface area contributed by atoms with Gasteiger partial charge in [0.05, 0.1) is 13.2 Å². The van der Waals surface area contributed by atoms with E-state index in [1.54, 1.807) is 0 Å².